The molecule has 0 spiro atoms. The molecule has 0 N–H and O–H groups in total. The number of fused-ring (bicyclic) bond motifs is 5. The number of aryl methyl sites for hydroxylation is 1. The molecule has 232 valence electrons. The zero-order valence-electron chi connectivity index (χ0n) is 27.3. The maximum absolute atomic E-state index is 6.74. The van der Waals surface area contributed by atoms with Crippen LogP contribution in [-0.4, -0.2) is 31.5 Å². The Morgan fingerprint density at radius 2 is 1.69 bits per heavy atom. The van der Waals surface area contributed by atoms with Crippen molar-refractivity contribution in [2.75, 3.05) is 20.4 Å². The zero-order chi connectivity index (χ0) is 31.3. The summed E-state index contributed by atoms with van der Waals surface area (Å²) < 4.78 is 24.3. The second-order valence-corrected chi connectivity index (χ2v) is 13.6. The quantitative estimate of drug-likeness (QED) is 0.258. The summed E-state index contributed by atoms with van der Waals surface area (Å²) in [6, 6.07) is 22.1. The van der Waals surface area contributed by atoms with Crippen LogP contribution < -0.4 is 9.47 Å². The summed E-state index contributed by atoms with van der Waals surface area (Å²) in [5.74, 6) is 2.99. The van der Waals surface area contributed by atoms with Crippen LogP contribution in [0.3, 0.4) is 0 Å². The first-order valence-electron chi connectivity index (χ1n) is 16.1. The van der Waals surface area contributed by atoms with E-state index in [9.17, 15) is 0 Å². The highest BCUT2D eigenvalue weighted by molar-refractivity contribution is 5.82. The number of allylic oxidation sites excluding steroid dienone is 3. The van der Waals surface area contributed by atoms with E-state index in [1.165, 1.54) is 44.7 Å². The summed E-state index contributed by atoms with van der Waals surface area (Å²) in [5, 5.41) is 0. The molecule has 3 aliphatic heterocycles. The summed E-state index contributed by atoms with van der Waals surface area (Å²) in [6.45, 7) is 12.9. The number of nitrogens with zero attached hydrogens (tertiary/aromatic N) is 1. The van der Waals surface area contributed by atoms with Crippen molar-refractivity contribution in [2.24, 2.45) is 0 Å². The molecule has 4 aliphatic rings. The van der Waals surface area contributed by atoms with E-state index < -0.39 is 0 Å². The van der Waals surface area contributed by atoms with Crippen molar-refractivity contribution in [2.45, 2.75) is 71.5 Å². The number of rotatable bonds is 8. The van der Waals surface area contributed by atoms with E-state index in [-0.39, 0.29) is 18.3 Å². The van der Waals surface area contributed by atoms with Crippen LogP contribution >= 0.6 is 0 Å². The zero-order valence-corrected chi connectivity index (χ0v) is 27.3. The molecule has 0 saturated carbocycles. The SMILES string of the molecule is COC1=CC=C2C(=CN3CCc4cc5c(cc4C3=C2CC(C)(C)c2ccc(C)cc2)OCO5)C1OCc1ccc(C(C)C)cc1. The predicted molar refractivity (Wildman–Crippen MR) is 179 cm³/mol. The van der Waals surface area contributed by atoms with Gasteiger partial charge in [-0.2, -0.15) is 0 Å². The van der Waals surface area contributed by atoms with Gasteiger partial charge in [-0.3, -0.25) is 0 Å². The molecule has 0 bridgehead atoms. The van der Waals surface area contributed by atoms with Crippen molar-refractivity contribution in [1.82, 2.24) is 4.90 Å². The first-order valence-corrected chi connectivity index (χ1v) is 16.1. The van der Waals surface area contributed by atoms with Gasteiger partial charge in [-0.1, -0.05) is 87.9 Å². The molecule has 1 atom stereocenters. The molecule has 3 aromatic rings. The molecule has 5 nitrogen and oxygen atoms in total. The van der Waals surface area contributed by atoms with Gasteiger partial charge in [-0.15, -0.1) is 0 Å². The monoisotopic (exact) mass is 601 g/mol. The van der Waals surface area contributed by atoms with Crippen LogP contribution in [-0.2, 0) is 27.9 Å². The number of hydrogen-bond acceptors (Lipinski definition) is 5. The van der Waals surface area contributed by atoms with E-state index in [1.54, 1.807) is 7.11 Å². The Morgan fingerprint density at radius 1 is 0.956 bits per heavy atom. The second-order valence-electron chi connectivity index (χ2n) is 13.6. The van der Waals surface area contributed by atoms with Gasteiger partial charge < -0.3 is 23.8 Å². The van der Waals surface area contributed by atoms with Gasteiger partial charge in [0, 0.05) is 23.9 Å². The van der Waals surface area contributed by atoms with Gasteiger partial charge in [0.05, 0.1) is 19.4 Å². The second kappa shape index (κ2) is 11.6. The van der Waals surface area contributed by atoms with Crippen molar-refractivity contribution >= 4 is 5.70 Å². The van der Waals surface area contributed by atoms with E-state index in [2.05, 4.69) is 119 Å². The fourth-order valence-corrected chi connectivity index (χ4v) is 6.99. The van der Waals surface area contributed by atoms with Gasteiger partial charge in [0.25, 0.3) is 0 Å². The average molecular weight is 602 g/mol. The largest absolute Gasteiger partial charge is 0.498 e. The van der Waals surface area contributed by atoms with Gasteiger partial charge in [-0.25, -0.2) is 0 Å². The van der Waals surface area contributed by atoms with E-state index in [4.69, 9.17) is 18.9 Å². The highest BCUT2D eigenvalue weighted by atomic mass is 16.7. The van der Waals surface area contributed by atoms with E-state index >= 15 is 0 Å². The maximum atomic E-state index is 6.74. The van der Waals surface area contributed by atoms with Gasteiger partial charge in [0.2, 0.25) is 6.79 Å². The molecular weight excluding hydrogens is 558 g/mol. The standard InChI is InChI=1S/C40H43NO4/c1-25(2)28-11-9-27(10-12-28)23-43-39-34-22-41-18-17-29-19-36-37(45-24-44-36)20-32(29)38(41)33(31(34)15-16-35(39)42-6)21-40(4,5)30-13-7-26(3)8-14-30/h7-16,19-20,22,25,39H,17-18,21,23-24H2,1-6H3. The Balaban J connectivity index is 1.30. The normalized spacial score (nSPS) is 18.6. The molecule has 1 aliphatic carbocycles. The smallest absolute Gasteiger partial charge is 0.231 e. The van der Waals surface area contributed by atoms with E-state index in [0.717, 1.165) is 47.8 Å². The lowest BCUT2D eigenvalue weighted by Gasteiger charge is -2.42. The van der Waals surface area contributed by atoms with Crippen LogP contribution in [0.25, 0.3) is 5.70 Å². The van der Waals surface area contributed by atoms with E-state index in [0.29, 0.717) is 12.5 Å². The van der Waals surface area contributed by atoms with E-state index in [1.807, 2.05) is 0 Å². The molecule has 0 amide bonds. The van der Waals surface area contributed by atoms with Crippen LogP contribution in [0.5, 0.6) is 11.5 Å². The minimum absolute atomic E-state index is 0.112. The van der Waals surface area contributed by atoms with Crippen LogP contribution in [0.15, 0.2) is 101 Å². The lowest BCUT2D eigenvalue weighted by Crippen LogP contribution is -2.35. The molecule has 0 fully saturated rings. The molecular formula is C40H43NO4. The van der Waals surface area contributed by atoms with Crippen molar-refractivity contribution in [3.05, 3.63) is 135 Å². The number of methoxy groups -OCH3 is 1. The first kappa shape index (κ1) is 29.5. The average Bonchev–Trinajstić information content (AvgIpc) is 3.50. The molecule has 3 heterocycles. The van der Waals surface area contributed by atoms with Crippen molar-refractivity contribution in [1.29, 1.82) is 0 Å². The number of hydrogen-bond donors (Lipinski definition) is 0. The highest BCUT2D eigenvalue weighted by Crippen LogP contribution is 2.50. The molecule has 7 rings (SSSR count). The summed E-state index contributed by atoms with van der Waals surface area (Å²) in [5.41, 5.74) is 12.4. The van der Waals surface area contributed by atoms with Gasteiger partial charge in [-0.05, 0) is 82.7 Å². The summed E-state index contributed by atoms with van der Waals surface area (Å²) in [6.07, 6.45) is 8.10. The number of benzene rings is 3. The van der Waals surface area contributed by atoms with Crippen LogP contribution in [0.1, 0.15) is 73.4 Å². The molecule has 0 radical (unpaired) electrons. The van der Waals surface area contributed by atoms with Crippen molar-refractivity contribution in [3.63, 3.8) is 0 Å². The minimum atomic E-state index is -0.308. The fraction of sp³-hybridized carbons (Fsp3) is 0.350. The third-order valence-electron chi connectivity index (χ3n) is 9.69. The lowest BCUT2D eigenvalue weighted by molar-refractivity contribution is 0.0495. The van der Waals surface area contributed by atoms with Gasteiger partial charge >= 0.3 is 0 Å². The lowest BCUT2D eigenvalue weighted by atomic mass is 9.72. The first-order chi connectivity index (χ1) is 21.7. The minimum Gasteiger partial charge on any atom is -0.498 e. The Bertz CT molecular complexity index is 1740. The van der Waals surface area contributed by atoms with Gasteiger partial charge in [0.15, 0.2) is 11.5 Å². The molecule has 5 heteroatoms. The van der Waals surface area contributed by atoms with Crippen LogP contribution in [0, 0.1) is 6.92 Å². The van der Waals surface area contributed by atoms with Gasteiger partial charge in [0.1, 0.15) is 11.9 Å². The topological polar surface area (TPSA) is 40.2 Å². The molecule has 0 saturated heterocycles. The molecule has 1 unspecified atom stereocenters. The third kappa shape index (κ3) is 5.48. The molecule has 0 aromatic heterocycles. The number of ether oxygens (including phenoxy) is 4. The highest BCUT2D eigenvalue weighted by Gasteiger charge is 2.39. The molecule has 3 aromatic carbocycles. The summed E-state index contributed by atoms with van der Waals surface area (Å²) in [7, 11) is 1.74. The van der Waals surface area contributed by atoms with Crippen molar-refractivity contribution in [3.8, 4) is 11.5 Å². The molecule has 45 heavy (non-hydrogen) atoms. The maximum Gasteiger partial charge on any atom is 0.231 e. The predicted octanol–water partition coefficient (Wildman–Crippen LogP) is 8.74. The van der Waals surface area contributed by atoms with Crippen LogP contribution in [0.2, 0.25) is 0 Å². The Labute approximate surface area is 267 Å². The van der Waals surface area contributed by atoms with Crippen LogP contribution in [0.4, 0.5) is 0 Å². The third-order valence-corrected chi connectivity index (χ3v) is 9.69. The summed E-state index contributed by atoms with van der Waals surface area (Å²) in [4.78, 5) is 2.43. The van der Waals surface area contributed by atoms with Crippen molar-refractivity contribution < 1.29 is 18.9 Å². The Kier molecular flexibility index (Phi) is 7.61. The Morgan fingerprint density at radius 3 is 2.40 bits per heavy atom. The summed E-state index contributed by atoms with van der Waals surface area (Å²) >= 11 is 0. The Hall–Kier alpha value is -4.22. The fourth-order valence-electron chi connectivity index (χ4n) is 6.99.